The third kappa shape index (κ3) is 6.43. The molecule has 0 aromatic heterocycles. The maximum Gasteiger partial charge on any atom is 0.320 e. The topological polar surface area (TPSA) is 132 Å². The summed E-state index contributed by atoms with van der Waals surface area (Å²) in [6.07, 6.45) is 1.01. The molecule has 0 spiro atoms. The fourth-order valence-corrected chi connectivity index (χ4v) is 2.05. The second-order valence-corrected chi connectivity index (χ2v) is 4.91. The van der Waals surface area contributed by atoms with Crippen molar-refractivity contribution in [1.82, 2.24) is 5.32 Å². The summed E-state index contributed by atoms with van der Waals surface area (Å²) in [5.41, 5.74) is 11.4. The number of guanidine groups is 1. The van der Waals surface area contributed by atoms with Crippen LogP contribution in [-0.2, 0) is 11.3 Å². The van der Waals surface area contributed by atoms with Crippen molar-refractivity contribution in [2.75, 3.05) is 20.8 Å². The lowest BCUT2D eigenvalue weighted by Gasteiger charge is -2.15. The van der Waals surface area contributed by atoms with Crippen molar-refractivity contribution in [3.63, 3.8) is 0 Å². The van der Waals surface area contributed by atoms with Gasteiger partial charge in [0.15, 0.2) is 17.5 Å². The van der Waals surface area contributed by atoms with Gasteiger partial charge in [0, 0.05) is 13.1 Å². The summed E-state index contributed by atoms with van der Waals surface area (Å²) in [7, 11) is 3.12. The van der Waals surface area contributed by atoms with E-state index in [0.29, 0.717) is 37.4 Å². The molecule has 8 nitrogen and oxygen atoms in total. The highest BCUT2D eigenvalue weighted by Gasteiger charge is 2.16. The highest BCUT2D eigenvalue weighted by Crippen LogP contribution is 2.27. The molecule has 0 bridgehead atoms. The van der Waals surface area contributed by atoms with E-state index in [1.54, 1.807) is 20.3 Å². The molecular formula is C15H24N4O4. The van der Waals surface area contributed by atoms with Crippen LogP contribution in [0.2, 0.25) is 0 Å². The molecule has 1 aromatic carbocycles. The van der Waals surface area contributed by atoms with E-state index < -0.39 is 12.0 Å². The van der Waals surface area contributed by atoms with Gasteiger partial charge in [0.05, 0.1) is 14.2 Å². The van der Waals surface area contributed by atoms with Gasteiger partial charge in [-0.1, -0.05) is 6.07 Å². The molecule has 23 heavy (non-hydrogen) atoms. The van der Waals surface area contributed by atoms with E-state index in [0.717, 1.165) is 5.56 Å². The Morgan fingerprint density at radius 2 is 2.00 bits per heavy atom. The van der Waals surface area contributed by atoms with Crippen LogP contribution in [0.3, 0.4) is 0 Å². The minimum Gasteiger partial charge on any atom is -0.493 e. The molecule has 0 radical (unpaired) electrons. The quantitative estimate of drug-likeness (QED) is 0.276. The molecule has 0 fully saturated rings. The van der Waals surface area contributed by atoms with Crippen LogP contribution in [0.5, 0.6) is 11.5 Å². The third-order valence-electron chi connectivity index (χ3n) is 3.24. The number of nitrogens with two attached hydrogens (primary N) is 2. The first kappa shape index (κ1) is 18.6. The van der Waals surface area contributed by atoms with Crippen molar-refractivity contribution in [3.8, 4) is 11.5 Å². The zero-order valence-electron chi connectivity index (χ0n) is 13.4. The fourth-order valence-electron chi connectivity index (χ4n) is 2.05. The number of carbonyl (C=O) groups is 1. The molecule has 0 aliphatic heterocycles. The monoisotopic (exact) mass is 324 g/mol. The van der Waals surface area contributed by atoms with Gasteiger partial charge in [0.2, 0.25) is 0 Å². The molecule has 1 rings (SSSR count). The first-order chi connectivity index (χ1) is 11.0. The van der Waals surface area contributed by atoms with Crippen molar-refractivity contribution >= 4 is 11.9 Å². The third-order valence-corrected chi connectivity index (χ3v) is 3.24. The molecule has 0 amide bonds. The predicted molar refractivity (Wildman–Crippen MR) is 87.7 cm³/mol. The van der Waals surface area contributed by atoms with Crippen molar-refractivity contribution in [3.05, 3.63) is 23.8 Å². The number of rotatable bonds is 10. The molecule has 0 aliphatic carbocycles. The summed E-state index contributed by atoms with van der Waals surface area (Å²) in [5, 5.41) is 12.3. The number of hydrogen-bond acceptors (Lipinski definition) is 5. The van der Waals surface area contributed by atoms with Gasteiger partial charge in [-0.25, -0.2) is 0 Å². The number of aliphatic carboxylic acids is 1. The Labute approximate surface area is 135 Å². The Bertz CT molecular complexity index is 544. The van der Waals surface area contributed by atoms with Gasteiger partial charge in [0.1, 0.15) is 6.04 Å². The minimum atomic E-state index is -0.907. The van der Waals surface area contributed by atoms with Crippen LogP contribution in [0.15, 0.2) is 23.2 Å². The predicted octanol–water partition coefficient (Wildman–Crippen LogP) is 0.300. The Balaban J connectivity index is 2.58. The first-order valence-corrected chi connectivity index (χ1v) is 7.20. The van der Waals surface area contributed by atoms with E-state index in [9.17, 15) is 9.90 Å². The smallest absolute Gasteiger partial charge is 0.320 e. The largest absolute Gasteiger partial charge is 0.493 e. The van der Waals surface area contributed by atoms with Crippen molar-refractivity contribution in [1.29, 1.82) is 0 Å². The van der Waals surface area contributed by atoms with Gasteiger partial charge in [-0.2, -0.15) is 0 Å². The summed E-state index contributed by atoms with van der Waals surface area (Å²) in [6, 6.07) is 4.78. The number of nitrogens with one attached hydrogen (secondary N) is 1. The van der Waals surface area contributed by atoms with E-state index in [1.807, 2.05) is 12.1 Å². The van der Waals surface area contributed by atoms with Crippen LogP contribution in [0.1, 0.15) is 18.4 Å². The zero-order valence-corrected chi connectivity index (χ0v) is 13.4. The van der Waals surface area contributed by atoms with Crippen LogP contribution >= 0.6 is 0 Å². The van der Waals surface area contributed by atoms with Crippen molar-refractivity contribution in [2.45, 2.75) is 25.4 Å². The van der Waals surface area contributed by atoms with Gasteiger partial charge in [-0.3, -0.25) is 9.79 Å². The summed E-state index contributed by atoms with van der Waals surface area (Å²) in [6.45, 7) is 0.809. The summed E-state index contributed by atoms with van der Waals surface area (Å²) < 4.78 is 10.4. The lowest BCUT2D eigenvalue weighted by Crippen LogP contribution is -2.36. The number of nitrogens with zero attached hydrogens (tertiary/aromatic N) is 1. The summed E-state index contributed by atoms with van der Waals surface area (Å²) in [5.74, 6) is 0.333. The molecule has 1 atom stereocenters. The van der Waals surface area contributed by atoms with Gasteiger partial charge in [-0.15, -0.1) is 0 Å². The second kappa shape index (κ2) is 9.52. The minimum absolute atomic E-state index is 0.00941. The molecule has 0 unspecified atom stereocenters. The number of methoxy groups -OCH3 is 2. The average molecular weight is 324 g/mol. The van der Waals surface area contributed by atoms with Crippen LogP contribution in [0.4, 0.5) is 0 Å². The molecule has 0 saturated heterocycles. The van der Waals surface area contributed by atoms with Gasteiger partial charge in [-0.05, 0) is 30.5 Å². The van der Waals surface area contributed by atoms with Gasteiger partial charge >= 0.3 is 5.97 Å². The number of carboxylic acids is 1. The molecule has 0 aliphatic rings. The molecular weight excluding hydrogens is 300 g/mol. The molecule has 0 heterocycles. The SMILES string of the molecule is COc1ccc(CN[C@H](CCCN=C(N)N)C(=O)O)cc1OC. The van der Waals surface area contributed by atoms with Crippen LogP contribution < -0.4 is 26.3 Å². The highest BCUT2D eigenvalue weighted by atomic mass is 16.5. The molecule has 0 saturated carbocycles. The second-order valence-electron chi connectivity index (χ2n) is 4.91. The maximum absolute atomic E-state index is 11.3. The van der Waals surface area contributed by atoms with Crippen molar-refractivity contribution in [2.24, 2.45) is 16.5 Å². The van der Waals surface area contributed by atoms with E-state index in [4.69, 9.17) is 20.9 Å². The van der Waals surface area contributed by atoms with E-state index in [-0.39, 0.29) is 5.96 Å². The Hall–Kier alpha value is -2.48. The highest BCUT2D eigenvalue weighted by molar-refractivity contribution is 5.75. The number of benzene rings is 1. The van der Waals surface area contributed by atoms with Gasteiger partial charge in [0.25, 0.3) is 0 Å². The van der Waals surface area contributed by atoms with Gasteiger partial charge < -0.3 is 31.4 Å². The summed E-state index contributed by atoms with van der Waals surface area (Å²) >= 11 is 0. The Kier molecular flexibility index (Phi) is 7.69. The number of hydrogen-bond donors (Lipinski definition) is 4. The lowest BCUT2D eigenvalue weighted by molar-refractivity contribution is -0.139. The average Bonchev–Trinajstić information content (AvgIpc) is 2.53. The number of aliphatic imine (C=N–C) groups is 1. The van der Waals surface area contributed by atoms with Crippen LogP contribution in [-0.4, -0.2) is 43.8 Å². The maximum atomic E-state index is 11.3. The van der Waals surface area contributed by atoms with E-state index in [2.05, 4.69) is 10.3 Å². The van der Waals surface area contributed by atoms with Crippen molar-refractivity contribution < 1.29 is 19.4 Å². The Morgan fingerprint density at radius 1 is 1.30 bits per heavy atom. The normalized spacial score (nSPS) is 11.6. The summed E-state index contributed by atoms with van der Waals surface area (Å²) in [4.78, 5) is 15.1. The molecule has 1 aromatic rings. The Morgan fingerprint density at radius 3 is 2.57 bits per heavy atom. The van der Waals surface area contributed by atoms with E-state index in [1.165, 1.54) is 0 Å². The molecule has 8 heteroatoms. The van der Waals surface area contributed by atoms with Crippen LogP contribution in [0.25, 0.3) is 0 Å². The zero-order chi connectivity index (χ0) is 17.2. The lowest BCUT2D eigenvalue weighted by atomic mass is 10.1. The fraction of sp³-hybridized carbons (Fsp3) is 0.467. The first-order valence-electron chi connectivity index (χ1n) is 7.20. The van der Waals surface area contributed by atoms with Crippen LogP contribution in [0, 0.1) is 0 Å². The number of carboxylic acid groups (broad SMARTS) is 1. The number of ether oxygens (including phenoxy) is 2. The van der Waals surface area contributed by atoms with E-state index >= 15 is 0 Å². The molecule has 128 valence electrons. The molecule has 6 N–H and O–H groups in total. The standard InChI is InChI=1S/C15H24N4O4/c1-22-12-6-5-10(8-13(12)23-2)9-19-11(14(20)21)4-3-7-18-15(16)17/h5-6,8,11,19H,3-4,7,9H2,1-2H3,(H,20,21)(H4,16,17,18)/t11-/m1/s1.